The first-order valence-electron chi connectivity index (χ1n) is 8.99. The van der Waals surface area contributed by atoms with E-state index in [1.165, 1.54) is 6.92 Å². The molecular weight excluding hydrogens is 368 g/mol. The molecule has 3 atom stereocenters. The van der Waals surface area contributed by atoms with E-state index in [9.17, 15) is 14.4 Å². The van der Waals surface area contributed by atoms with E-state index in [-0.39, 0.29) is 11.6 Å². The SMILES string of the molecule is CCC(C)C=C(C)C=CC1=CC2=C(Cl)C(=O)C(C)(OC(C)=O)C(=O)C2CO1. The maximum atomic E-state index is 12.8. The van der Waals surface area contributed by atoms with Crippen molar-refractivity contribution in [2.45, 2.75) is 46.6 Å². The monoisotopic (exact) mass is 392 g/mol. The minimum Gasteiger partial charge on any atom is -0.492 e. The van der Waals surface area contributed by atoms with Gasteiger partial charge in [-0.1, -0.05) is 49.6 Å². The largest absolute Gasteiger partial charge is 0.492 e. The molecule has 0 aromatic rings. The summed E-state index contributed by atoms with van der Waals surface area (Å²) in [5.41, 5.74) is -0.405. The molecule has 0 spiro atoms. The number of esters is 1. The van der Waals surface area contributed by atoms with Gasteiger partial charge in [-0.15, -0.1) is 0 Å². The first-order valence-corrected chi connectivity index (χ1v) is 9.37. The van der Waals surface area contributed by atoms with Gasteiger partial charge in [-0.05, 0) is 37.5 Å². The summed E-state index contributed by atoms with van der Waals surface area (Å²) in [5, 5.41) is -0.0931. The van der Waals surface area contributed by atoms with E-state index >= 15 is 0 Å². The lowest BCUT2D eigenvalue weighted by molar-refractivity contribution is -0.171. The summed E-state index contributed by atoms with van der Waals surface area (Å²) in [6.07, 6.45) is 8.53. The first kappa shape index (κ1) is 21.2. The number of allylic oxidation sites excluding steroid dienone is 5. The molecule has 146 valence electrons. The number of carbonyl (C=O) groups is 3. The molecule has 1 aliphatic carbocycles. The van der Waals surface area contributed by atoms with Gasteiger partial charge < -0.3 is 9.47 Å². The number of Topliss-reactive ketones (excluding diaryl/α,β-unsaturated/α-hetero) is 2. The topological polar surface area (TPSA) is 69.7 Å². The molecule has 0 saturated carbocycles. The molecule has 0 aromatic carbocycles. The molecule has 2 rings (SSSR count). The molecule has 0 fully saturated rings. The van der Waals surface area contributed by atoms with E-state index in [4.69, 9.17) is 21.1 Å². The molecule has 6 heteroatoms. The highest BCUT2D eigenvalue weighted by molar-refractivity contribution is 6.47. The molecule has 5 nitrogen and oxygen atoms in total. The third-order valence-corrected chi connectivity index (χ3v) is 5.20. The zero-order valence-corrected chi connectivity index (χ0v) is 17.1. The number of hydrogen-bond donors (Lipinski definition) is 0. The highest BCUT2D eigenvalue weighted by Crippen LogP contribution is 2.39. The predicted molar refractivity (Wildman–Crippen MR) is 103 cm³/mol. The molecule has 3 unspecified atom stereocenters. The Kier molecular flexibility index (Phi) is 6.47. The van der Waals surface area contributed by atoms with Gasteiger partial charge in [-0.2, -0.15) is 0 Å². The van der Waals surface area contributed by atoms with Crippen LogP contribution in [0.15, 0.2) is 46.2 Å². The summed E-state index contributed by atoms with van der Waals surface area (Å²) in [4.78, 5) is 36.7. The van der Waals surface area contributed by atoms with E-state index in [1.807, 2.05) is 13.0 Å². The van der Waals surface area contributed by atoms with Gasteiger partial charge in [0.05, 0.1) is 11.0 Å². The fourth-order valence-corrected chi connectivity index (χ4v) is 3.47. The van der Waals surface area contributed by atoms with Crippen LogP contribution in [0.2, 0.25) is 0 Å². The van der Waals surface area contributed by atoms with Gasteiger partial charge in [0.2, 0.25) is 11.4 Å². The van der Waals surface area contributed by atoms with Crippen LogP contribution in [0.5, 0.6) is 0 Å². The van der Waals surface area contributed by atoms with Crippen LogP contribution < -0.4 is 0 Å². The van der Waals surface area contributed by atoms with Crippen LogP contribution in [0.25, 0.3) is 0 Å². The highest BCUT2D eigenvalue weighted by atomic mass is 35.5. The number of ether oxygens (including phenoxy) is 2. The molecule has 0 saturated heterocycles. The third-order valence-electron chi connectivity index (χ3n) is 4.81. The smallest absolute Gasteiger partial charge is 0.304 e. The molecule has 0 N–H and O–H groups in total. The first-order chi connectivity index (χ1) is 12.6. The second-order valence-corrected chi connectivity index (χ2v) is 7.51. The molecule has 0 amide bonds. The van der Waals surface area contributed by atoms with Gasteiger partial charge in [0.25, 0.3) is 0 Å². The van der Waals surface area contributed by atoms with Crippen molar-refractivity contribution in [3.8, 4) is 0 Å². The number of rotatable bonds is 5. The standard InChI is InChI=1S/C21H25ClO5/c1-6-12(2)9-13(3)7-8-15-10-16-17(11-26-15)19(24)21(5,27-14(4)23)20(25)18(16)22/h7-10,12,17H,6,11H2,1-5H3. The Balaban J connectivity index is 2.34. The summed E-state index contributed by atoms with van der Waals surface area (Å²) < 4.78 is 10.7. The summed E-state index contributed by atoms with van der Waals surface area (Å²) in [7, 11) is 0. The average molecular weight is 393 g/mol. The minimum absolute atomic E-state index is 0.0405. The Morgan fingerprint density at radius 2 is 2.11 bits per heavy atom. The third kappa shape index (κ3) is 4.41. The van der Waals surface area contributed by atoms with Crippen molar-refractivity contribution in [3.63, 3.8) is 0 Å². The van der Waals surface area contributed by atoms with Crippen molar-refractivity contribution in [1.29, 1.82) is 0 Å². The lowest BCUT2D eigenvalue weighted by Gasteiger charge is -2.36. The summed E-state index contributed by atoms with van der Waals surface area (Å²) >= 11 is 6.24. The van der Waals surface area contributed by atoms with Crippen LogP contribution in [-0.2, 0) is 23.9 Å². The lowest BCUT2D eigenvalue weighted by atomic mass is 9.76. The van der Waals surface area contributed by atoms with E-state index in [1.54, 1.807) is 12.2 Å². The Morgan fingerprint density at radius 3 is 2.70 bits per heavy atom. The zero-order chi connectivity index (χ0) is 20.4. The number of ketones is 2. The van der Waals surface area contributed by atoms with Crippen molar-refractivity contribution < 1.29 is 23.9 Å². The molecule has 0 bridgehead atoms. The normalized spacial score (nSPS) is 27.3. The predicted octanol–water partition coefficient (Wildman–Crippen LogP) is 4.03. The Morgan fingerprint density at radius 1 is 1.44 bits per heavy atom. The fourth-order valence-electron chi connectivity index (χ4n) is 3.10. The van der Waals surface area contributed by atoms with Crippen molar-refractivity contribution in [2.75, 3.05) is 6.61 Å². The summed E-state index contributed by atoms with van der Waals surface area (Å²) in [6.45, 7) is 8.73. The van der Waals surface area contributed by atoms with Crippen LogP contribution in [-0.4, -0.2) is 29.7 Å². The minimum atomic E-state index is -1.91. The van der Waals surface area contributed by atoms with Gasteiger partial charge in [0.1, 0.15) is 12.4 Å². The van der Waals surface area contributed by atoms with Crippen LogP contribution in [0.3, 0.4) is 0 Å². The second-order valence-electron chi connectivity index (χ2n) is 7.13. The number of halogens is 1. The number of carbonyl (C=O) groups excluding carboxylic acids is 3. The van der Waals surface area contributed by atoms with Crippen molar-refractivity contribution in [2.24, 2.45) is 11.8 Å². The summed E-state index contributed by atoms with van der Waals surface area (Å²) in [6, 6.07) is 0. The molecule has 27 heavy (non-hydrogen) atoms. The van der Waals surface area contributed by atoms with Gasteiger partial charge in [-0.3, -0.25) is 14.4 Å². The molecule has 1 aliphatic heterocycles. The lowest BCUT2D eigenvalue weighted by Crippen LogP contribution is -2.55. The molecular formula is C21H25ClO5. The van der Waals surface area contributed by atoms with Gasteiger partial charge >= 0.3 is 5.97 Å². The number of fused-ring (bicyclic) bond motifs is 1. The maximum absolute atomic E-state index is 12.8. The highest BCUT2D eigenvalue weighted by Gasteiger charge is 2.54. The second kappa shape index (κ2) is 8.26. The molecule has 1 heterocycles. The van der Waals surface area contributed by atoms with Crippen LogP contribution in [0.4, 0.5) is 0 Å². The van der Waals surface area contributed by atoms with Gasteiger partial charge in [0, 0.05) is 6.92 Å². The van der Waals surface area contributed by atoms with Crippen LogP contribution >= 0.6 is 11.6 Å². The van der Waals surface area contributed by atoms with Crippen LogP contribution in [0.1, 0.15) is 41.0 Å². The molecule has 2 aliphatic rings. The zero-order valence-electron chi connectivity index (χ0n) is 16.3. The van der Waals surface area contributed by atoms with E-state index in [0.29, 0.717) is 17.3 Å². The van der Waals surface area contributed by atoms with Gasteiger partial charge in [0.15, 0.2) is 5.78 Å². The number of hydrogen-bond acceptors (Lipinski definition) is 5. The summed E-state index contributed by atoms with van der Waals surface area (Å²) in [5.74, 6) is -1.68. The van der Waals surface area contributed by atoms with E-state index in [2.05, 4.69) is 19.9 Å². The van der Waals surface area contributed by atoms with E-state index < -0.39 is 29.1 Å². The van der Waals surface area contributed by atoms with Gasteiger partial charge in [-0.25, -0.2) is 0 Å². The van der Waals surface area contributed by atoms with Crippen molar-refractivity contribution >= 4 is 29.1 Å². The molecule has 0 aromatic heterocycles. The Labute approximate surface area is 164 Å². The van der Waals surface area contributed by atoms with E-state index in [0.717, 1.165) is 18.9 Å². The average Bonchev–Trinajstić information content (AvgIpc) is 2.62. The molecule has 0 radical (unpaired) electrons. The quantitative estimate of drug-likeness (QED) is 0.401. The Hall–Kier alpha value is -2.14. The fraction of sp³-hybridized carbons (Fsp3) is 0.476. The van der Waals surface area contributed by atoms with Crippen molar-refractivity contribution in [1.82, 2.24) is 0 Å². The van der Waals surface area contributed by atoms with Crippen molar-refractivity contribution in [3.05, 3.63) is 46.2 Å². The van der Waals surface area contributed by atoms with Crippen LogP contribution in [0, 0.1) is 11.8 Å². The Bertz CT molecular complexity index is 786. The maximum Gasteiger partial charge on any atom is 0.304 e.